The summed E-state index contributed by atoms with van der Waals surface area (Å²) in [4.78, 5) is 28.0. The Labute approximate surface area is 208 Å². The largest absolute Gasteiger partial charge is 0.352 e. The van der Waals surface area contributed by atoms with Gasteiger partial charge in [-0.15, -0.1) is 0 Å². The van der Waals surface area contributed by atoms with Gasteiger partial charge in [0.2, 0.25) is 21.8 Å². The summed E-state index contributed by atoms with van der Waals surface area (Å²) in [7, 11) is -3.82. The quantitative estimate of drug-likeness (QED) is 0.499. The van der Waals surface area contributed by atoms with Gasteiger partial charge in [0.05, 0.1) is 11.9 Å². The van der Waals surface area contributed by atoms with Crippen LogP contribution in [0, 0.1) is 5.82 Å². The highest BCUT2D eigenvalue weighted by molar-refractivity contribution is 7.92. The normalized spacial score (nSPS) is 12.5. The summed E-state index contributed by atoms with van der Waals surface area (Å²) in [6.07, 6.45) is 1.39. The molecule has 0 aliphatic heterocycles. The van der Waals surface area contributed by atoms with Crippen LogP contribution in [-0.2, 0) is 26.2 Å². The Morgan fingerprint density at radius 1 is 1.00 bits per heavy atom. The number of nitrogens with one attached hydrogen (secondary N) is 1. The van der Waals surface area contributed by atoms with Crippen molar-refractivity contribution < 1.29 is 22.4 Å². The summed E-state index contributed by atoms with van der Waals surface area (Å²) in [6, 6.07) is 11.8. The molecule has 2 aromatic carbocycles. The second-order valence-electron chi connectivity index (χ2n) is 9.22. The Bertz CT molecular complexity index is 1120. The Kier molecular flexibility index (Phi) is 9.82. The van der Waals surface area contributed by atoms with E-state index in [-0.39, 0.29) is 24.4 Å². The van der Waals surface area contributed by atoms with Crippen molar-refractivity contribution in [3.8, 4) is 0 Å². The molecule has 0 saturated carbocycles. The molecule has 0 bridgehead atoms. The molecule has 192 valence electrons. The van der Waals surface area contributed by atoms with Crippen LogP contribution in [0.25, 0.3) is 0 Å². The number of halogens is 1. The first-order valence-electron chi connectivity index (χ1n) is 11.8. The third-order valence-corrected chi connectivity index (χ3v) is 6.72. The second-order valence-corrected chi connectivity index (χ2v) is 11.1. The van der Waals surface area contributed by atoms with Gasteiger partial charge in [0, 0.05) is 12.6 Å². The number of benzene rings is 2. The van der Waals surface area contributed by atoms with E-state index in [1.165, 1.54) is 17.0 Å². The van der Waals surface area contributed by atoms with Crippen LogP contribution in [0.15, 0.2) is 48.5 Å². The first-order valence-corrected chi connectivity index (χ1v) is 13.6. The minimum atomic E-state index is -3.82. The van der Waals surface area contributed by atoms with E-state index >= 15 is 0 Å². The van der Waals surface area contributed by atoms with Gasteiger partial charge in [-0.3, -0.25) is 13.9 Å². The summed E-state index contributed by atoms with van der Waals surface area (Å²) in [5.41, 5.74) is 1.85. The van der Waals surface area contributed by atoms with Gasteiger partial charge in [-0.2, -0.15) is 0 Å². The Balaban J connectivity index is 2.50. The predicted octanol–water partition coefficient (Wildman–Crippen LogP) is 4.05. The molecule has 0 aliphatic carbocycles. The summed E-state index contributed by atoms with van der Waals surface area (Å²) in [5.74, 6) is -1.23. The van der Waals surface area contributed by atoms with Crippen LogP contribution < -0.4 is 9.62 Å². The number of nitrogens with zero attached hydrogens (tertiary/aromatic N) is 2. The predicted molar refractivity (Wildman–Crippen MR) is 137 cm³/mol. The number of amides is 2. The molecular weight excluding hydrogens is 469 g/mol. The van der Waals surface area contributed by atoms with Crippen molar-refractivity contribution in [1.82, 2.24) is 10.2 Å². The minimum absolute atomic E-state index is 0.0288. The van der Waals surface area contributed by atoms with Crippen LogP contribution in [0.1, 0.15) is 58.1 Å². The van der Waals surface area contributed by atoms with Crippen molar-refractivity contribution >= 4 is 27.5 Å². The minimum Gasteiger partial charge on any atom is -0.352 e. The van der Waals surface area contributed by atoms with E-state index < -0.39 is 34.3 Å². The number of rotatable bonds is 11. The summed E-state index contributed by atoms with van der Waals surface area (Å²) < 4.78 is 40.2. The van der Waals surface area contributed by atoms with Gasteiger partial charge in [-0.1, -0.05) is 51.1 Å². The molecule has 2 aromatic rings. The molecule has 1 N–H and O–H groups in total. The highest BCUT2D eigenvalue weighted by atomic mass is 32.2. The standard InChI is InChI=1S/C26H36FN3O4S/c1-7-23(26(32)28-19(4)5)29(16-20-12-14-21(27)15-13-20)25(31)17-30(35(6,33)34)24-11-9-8-10-22(24)18(2)3/h8-15,18-19,23H,7,16-17H2,1-6H3,(H,28,32). The molecular formula is C26H36FN3O4S. The van der Waals surface area contributed by atoms with Crippen molar-refractivity contribution in [2.45, 2.75) is 65.6 Å². The third-order valence-electron chi connectivity index (χ3n) is 5.59. The number of hydrogen-bond acceptors (Lipinski definition) is 4. The number of para-hydroxylation sites is 1. The van der Waals surface area contributed by atoms with Gasteiger partial charge in [-0.05, 0) is 55.5 Å². The van der Waals surface area contributed by atoms with Crippen LogP contribution in [0.4, 0.5) is 10.1 Å². The van der Waals surface area contributed by atoms with Gasteiger partial charge in [-0.25, -0.2) is 12.8 Å². The number of hydrogen-bond donors (Lipinski definition) is 1. The van der Waals surface area contributed by atoms with E-state index in [9.17, 15) is 22.4 Å². The van der Waals surface area contributed by atoms with Crippen LogP contribution >= 0.6 is 0 Å². The molecule has 0 aromatic heterocycles. The summed E-state index contributed by atoms with van der Waals surface area (Å²) in [5, 5.41) is 2.84. The lowest BCUT2D eigenvalue weighted by Gasteiger charge is -2.33. The van der Waals surface area contributed by atoms with E-state index in [2.05, 4.69) is 5.32 Å². The summed E-state index contributed by atoms with van der Waals surface area (Å²) >= 11 is 0. The molecule has 0 radical (unpaired) electrons. The molecule has 0 fully saturated rings. The summed E-state index contributed by atoms with van der Waals surface area (Å²) in [6.45, 7) is 8.91. The first-order chi connectivity index (χ1) is 16.3. The fourth-order valence-electron chi connectivity index (χ4n) is 3.88. The fraction of sp³-hybridized carbons (Fsp3) is 0.462. The monoisotopic (exact) mass is 505 g/mol. The van der Waals surface area contributed by atoms with Gasteiger partial charge in [0.1, 0.15) is 18.4 Å². The molecule has 2 rings (SSSR count). The second kappa shape index (κ2) is 12.2. The number of anilines is 1. The van der Waals surface area contributed by atoms with E-state index in [0.29, 0.717) is 17.7 Å². The zero-order valence-electron chi connectivity index (χ0n) is 21.3. The molecule has 2 amide bonds. The zero-order chi connectivity index (χ0) is 26.3. The van der Waals surface area contributed by atoms with Crippen molar-refractivity contribution in [2.24, 2.45) is 0 Å². The SMILES string of the molecule is CCC(C(=O)NC(C)C)N(Cc1ccc(F)cc1)C(=O)CN(c1ccccc1C(C)C)S(C)(=O)=O. The molecule has 0 saturated heterocycles. The molecule has 1 atom stereocenters. The van der Waals surface area contributed by atoms with Crippen molar-refractivity contribution in [3.63, 3.8) is 0 Å². The molecule has 0 aliphatic rings. The Hall–Kier alpha value is -2.94. The maximum Gasteiger partial charge on any atom is 0.244 e. The van der Waals surface area contributed by atoms with Crippen molar-refractivity contribution in [2.75, 3.05) is 17.1 Å². The molecule has 9 heteroatoms. The Morgan fingerprint density at radius 2 is 1.60 bits per heavy atom. The molecule has 0 spiro atoms. The highest BCUT2D eigenvalue weighted by Gasteiger charge is 2.32. The van der Waals surface area contributed by atoms with Crippen LogP contribution in [0.2, 0.25) is 0 Å². The van der Waals surface area contributed by atoms with E-state index in [1.54, 1.807) is 31.2 Å². The van der Waals surface area contributed by atoms with Gasteiger partial charge in [0.25, 0.3) is 0 Å². The maximum absolute atomic E-state index is 13.7. The van der Waals surface area contributed by atoms with Gasteiger partial charge >= 0.3 is 0 Å². The number of carbonyl (C=O) groups excluding carboxylic acids is 2. The van der Waals surface area contributed by atoms with E-state index in [0.717, 1.165) is 16.1 Å². The zero-order valence-corrected chi connectivity index (χ0v) is 22.1. The number of carbonyl (C=O) groups is 2. The Morgan fingerprint density at radius 3 is 2.11 bits per heavy atom. The van der Waals surface area contributed by atoms with Crippen LogP contribution in [0.3, 0.4) is 0 Å². The first kappa shape index (κ1) is 28.3. The topological polar surface area (TPSA) is 86.8 Å². The number of sulfonamides is 1. The maximum atomic E-state index is 13.7. The highest BCUT2D eigenvalue weighted by Crippen LogP contribution is 2.29. The smallest absolute Gasteiger partial charge is 0.244 e. The third kappa shape index (κ3) is 7.78. The van der Waals surface area contributed by atoms with Crippen LogP contribution in [-0.4, -0.2) is 50.0 Å². The molecule has 7 nitrogen and oxygen atoms in total. The molecule has 0 heterocycles. The fourth-order valence-corrected chi connectivity index (χ4v) is 4.75. The molecule has 1 unspecified atom stereocenters. The van der Waals surface area contributed by atoms with E-state index in [1.807, 2.05) is 39.8 Å². The lowest BCUT2D eigenvalue weighted by Crippen LogP contribution is -2.53. The van der Waals surface area contributed by atoms with Gasteiger partial charge in [0.15, 0.2) is 0 Å². The average Bonchev–Trinajstić information content (AvgIpc) is 2.77. The van der Waals surface area contributed by atoms with Crippen molar-refractivity contribution in [3.05, 3.63) is 65.5 Å². The lowest BCUT2D eigenvalue weighted by atomic mass is 10.0. The van der Waals surface area contributed by atoms with E-state index in [4.69, 9.17) is 0 Å². The van der Waals surface area contributed by atoms with Gasteiger partial charge < -0.3 is 10.2 Å². The lowest BCUT2D eigenvalue weighted by molar-refractivity contribution is -0.140. The van der Waals surface area contributed by atoms with Crippen molar-refractivity contribution in [1.29, 1.82) is 0 Å². The van der Waals surface area contributed by atoms with Crippen LogP contribution in [0.5, 0.6) is 0 Å². The molecule has 35 heavy (non-hydrogen) atoms. The average molecular weight is 506 g/mol.